The molecule has 4 rings (SSSR count). The van der Waals surface area contributed by atoms with Gasteiger partial charge in [-0.1, -0.05) is 42.0 Å². The van der Waals surface area contributed by atoms with Crippen LogP contribution in [0.5, 0.6) is 0 Å². The summed E-state index contributed by atoms with van der Waals surface area (Å²) in [5.41, 5.74) is 6.36. The molecule has 0 radical (unpaired) electrons. The van der Waals surface area contributed by atoms with Gasteiger partial charge in [-0.05, 0) is 39.7 Å². The second kappa shape index (κ2) is 8.19. The van der Waals surface area contributed by atoms with Gasteiger partial charge < -0.3 is 9.55 Å². The van der Waals surface area contributed by atoms with E-state index in [4.69, 9.17) is 0 Å². The van der Waals surface area contributed by atoms with E-state index in [1.807, 2.05) is 12.5 Å². The first kappa shape index (κ1) is 18.8. The van der Waals surface area contributed by atoms with Crippen LogP contribution in [0, 0.1) is 6.92 Å². The van der Waals surface area contributed by atoms with Crippen LogP contribution < -0.4 is 0 Å². The van der Waals surface area contributed by atoms with E-state index in [1.54, 1.807) is 0 Å². The summed E-state index contributed by atoms with van der Waals surface area (Å²) in [5.74, 6) is 0. The van der Waals surface area contributed by atoms with Gasteiger partial charge in [0.05, 0.1) is 18.2 Å². The van der Waals surface area contributed by atoms with Crippen LogP contribution in [0.15, 0.2) is 60.6 Å². The maximum atomic E-state index is 4.52. The molecule has 0 bridgehead atoms. The smallest absolute Gasteiger partial charge is 0.0953 e. The number of aromatic nitrogens is 3. The quantitative estimate of drug-likeness (QED) is 0.599. The second-order valence-corrected chi connectivity index (χ2v) is 7.90. The molecule has 4 heteroatoms. The Morgan fingerprint density at radius 3 is 2.82 bits per heavy atom. The number of benzene rings is 1. The summed E-state index contributed by atoms with van der Waals surface area (Å²) in [6.07, 6.45) is 12.8. The Bertz CT molecular complexity index is 997. The van der Waals surface area contributed by atoms with Crippen LogP contribution in [0.3, 0.4) is 0 Å². The molecule has 0 amide bonds. The van der Waals surface area contributed by atoms with Gasteiger partial charge in [0.25, 0.3) is 0 Å². The summed E-state index contributed by atoms with van der Waals surface area (Å²) in [4.78, 5) is 10.6. The number of piperidine rings is 1. The summed E-state index contributed by atoms with van der Waals surface area (Å²) in [5, 5.41) is 1.28. The molecule has 2 aromatic heterocycles. The topological polar surface area (TPSA) is 36.9 Å². The molecule has 1 aliphatic rings. The highest BCUT2D eigenvalue weighted by atomic mass is 15.2. The highest BCUT2D eigenvalue weighted by Crippen LogP contribution is 2.35. The number of hydrogen-bond acceptors (Lipinski definition) is 2. The van der Waals surface area contributed by atoms with Crippen LogP contribution in [-0.2, 0) is 0 Å². The fraction of sp³-hybridized carbons (Fsp3) is 0.375. The van der Waals surface area contributed by atoms with Crippen LogP contribution in [0.2, 0.25) is 0 Å². The molecule has 1 fully saturated rings. The first-order valence-corrected chi connectivity index (χ1v) is 10.3. The predicted molar refractivity (Wildman–Crippen MR) is 118 cm³/mol. The lowest BCUT2D eigenvalue weighted by molar-refractivity contribution is 0.200. The predicted octanol–water partition coefficient (Wildman–Crippen LogP) is 5.50. The zero-order chi connectivity index (χ0) is 19.5. The number of imidazole rings is 1. The van der Waals surface area contributed by atoms with Gasteiger partial charge in [0.15, 0.2) is 0 Å². The SMILES string of the molecule is C/C=C\C=C(/C)CN1CCC(n2cncc2-c2c(C)[nH]c3ccccc23)CC1. The molecule has 0 unspecified atom stereocenters. The van der Waals surface area contributed by atoms with Gasteiger partial charge in [-0.15, -0.1) is 0 Å². The molecule has 0 aliphatic carbocycles. The first-order chi connectivity index (χ1) is 13.7. The largest absolute Gasteiger partial charge is 0.358 e. The molecule has 0 saturated carbocycles. The molecular formula is C24H30N4. The molecule has 4 nitrogen and oxygen atoms in total. The third-order valence-corrected chi connectivity index (χ3v) is 5.81. The van der Waals surface area contributed by atoms with Gasteiger partial charge in [-0.25, -0.2) is 4.98 Å². The average molecular weight is 375 g/mol. The third kappa shape index (κ3) is 3.69. The summed E-state index contributed by atoms with van der Waals surface area (Å²) in [7, 11) is 0. The minimum absolute atomic E-state index is 0.515. The number of nitrogens with zero attached hydrogens (tertiary/aromatic N) is 3. The molecule has 0 atom stereocenters. The molecular weight excluding hydrogens is 344 g/mol. The van der Waals surface area contributed by atoms with Crippen molar-refractivity contribution in [1.82, 2.24) is 19.4 Å². The first-order valence-electron chi connectivity index (χ1n) is 10.3. The van der Waals surface area contributed by atoms with Crippen molar-refractivity contribution in [1.29, 1.82) is 0 Å². The number of fused-ring (bicyclic) bond motifs is 1. The second-order valence-electron chi connectivity index (χ2n) is 7.90. The summed E-state index contributed by atoms with van der Waals surface area (Å²) in [6, 6.07) is 9.06. The molecule has 0 spiro atoms. The number of allylic oxidation sites excluding steroid dienone is 3. The number of rotatable bonds is 5. The lowest BCUT2D eigenvalue weighted by Gasteiger charge is -2.33. The number of aromatic amines is 1. The monoisotopic (exact) mass is 374 g/mol. The lowest BCUT2D eigenvalue weighted by Crippen LogP contribution is -2.35. The van der Waals surface area contributed by atoms with E-state index in [-0.39, 0.29) is 0 Å². The minimum Gasteiger partial charge on any atom is -0.358 e. The number of para-hydroxylation sites is 1. The van der Waals surface area contributed by atoms with Crippen molar-refractivity contribution in [3.8, 4) is 11.3 Å². The van der Waals surface area contributed by atoms with Crippen molar-refractivity contribution in [2.75, 3.05) is 19.6 Å². The zero-order valence-electron chi connectivity index (χ0n) is 17.2. The van der Waals surface area contributed by atoms with Crippen LogP contribution in [-0.4, -0.2) is 39.1 Å². The lowest BCUT2D eigenvalue weighted by atomic mass is 10.0. The Kier molecular flexibility index (Phi) is 5.49. The highest BCUT2D eigenvalue weighted by molar-refractivity contribution is 5.96. The molecule has 28 heavy (non-hydrogen) atoms. The number of H-pyrrole nitrogens is 1. The normalized spacial score (nSPS) is 17.2. The zero-order valence-corrected chi connectivity index (χ0v) is 17.2. The minimum atomic E-state index is 0.515. The number of aryl methyl sites for hydroxylation is 1. The molecule has 146 valence electrons. The van der Waals surface area contributed by atoms with Crippen molar-refractivity contribution in [2.24, 2.45) is 0 Å². The van der Waals surface area contributed by atoms with Crippen molar-refractivity contribution in [3.05, 3.63) is 66.3 Å². The summed E-state index contributed by atoms with van der Waals surface area (Å²) in [6.45, 7) is 9.78. The van der Waals surface area contributed by atoms with E-state index in [9.17, 15) is 0 Å². The van der Waals surface area contributed by atoms with E-state index in [1.165, 1.54) is 46.3 Å². The Balaban J connectivity index is 1.52. The molecule has 1 N–H and O–H groups in total. The van der Waals surface area contributed by atoms with Crippen molar-refractivity contribution in [3.63, 3.8) is 0 Å². The number of hydrogen-bond donors (Lipinski definition) is 1. The standard InChI is InChI=1S/C24H30N4/c1-4-5-8-18(2)16-27-13-11-20(12-14-27)28-17-25-15-23(28)24-19(3)26-22-10-7-6-9-21(22)24/h4-10,15,17,20,26H,11-14,16H2,1-3H3/b5-4-,18-8+. The molecule has 1 saturated heterocycles. The maximum Gasteiger partial charge on any atom is 0.0953 e. The highest BCUT2D eigenvalue weighted by Gasteiger charge is 2.24. The molecule has 3 heterocycles. The Morgan fingerprint density at radius 1 is 1.25 bits per heavy atom. The van der Waals surface area contributed by atoms with Gasteiger partial charge in [0, 0.05) is 47.8 Å². The van der Waals surface area contributed by atoms with Gasteiger partial charge in [0.2, 0.25) is 0 Å². The Morgan fingerprint density at radius 2 is 2.04 bits per heavy atom. The number of nitrogens with one attached hydrogen (secondary N) is 1. The van der Waals surface area contributed by atoms with E-state index >= 15 is 0 Å². The van der Waals surface area contributed by atoms with Gasteiger partial charge >= 0.3 is 0 Å². The van der Waals surface area contributed by atoms with Crippen molar-refractivity contribution >= 4 is 10.9 Å². The fourth-order valence-corrected chi connectivity index (χ4v) is 4.42. The van der Waals surface area contributed by atoms with Crippen LogP contribution in [0.25, 0.3) is 22.2 Å². The van der Waals surface area contributed by atoms with Gasteiger partial charge in [0.1, 0.15) is 0 Å². The Labute approximate surface area is 167 Å². The summed E-state index contributed by atoms with van der Waals surface area (Å²) >= 11 is 0. The molecule has 1 aromatic carbocycles. The van der Waals surface area contributed by atoms with E-state index in [2.05, 4.69) is 82.7 Å². The van der Waals surface area contributed by atoms with Gasteiger partial charge in [-0.3, -0.25) is 4.90 Å². The maximum absolute atomic E-state index is 4.52. The van der Waals surface area contributed by atoms with E-state index in [0.717, 1.165) is 19.6 Å². The van der Waals surface area contributed by atoms with Crippen molar-refractivity contribution < 1.29 is 0 Å². The Hall–Kier alpha value is -2.59. The van der Waals surface area contributed by atoms with Crippen LogP contribution in [0.4, 0.5) is 0 Å². The molecule has 3 aromatic rings. The van der Waals surface area contributed by atoms with E-state index in [0.29, 0.717) is 6.04 Å². The summed E-state index contributed by atoms with van der Waals surface area (Å²) < 4.78 is 2.41. The van der Waals surface area contributed by atoms with Crippen LogP contribution in [0.1, 0.15) is 38.4 Å². The van der Waals surface area contributed by atoms with Crippen molar-refractivity contribution in [2.45, 2.75) is 39.7 Å². The van der Waals surface area contributed by atoms with Gasteiger partial charge in [-0.2, -0.15) is 0 Å². The average Bonchev–Trinajstić information content (AvgIpc) is 3.30. The van der Waals surface area contributed by atoms with E-state index < -0.39 is 0 Å². The van der Waals surface area contributed by atoms with Crippen LogP contribution >= 0.6 is 0 Å². The third-order valence-electron chi connectivity index (χ3n) is 5.81. The fourth-order valence-electron chi connectivity index (χ4n) is 4.42. The molecule has 1 aliphatic heterocycles. The number of likely N-dealkylation sites (tertiary alicyclic amines) is 1.